The topological polar surface area (TPSA) is 12.9 Å². The minimum absolute atomic E-state index is 1.04. The van der Waals surface area contributed by atoms with E-state index in [1.54, 1.807) is 0 Å². The van der Waals surface area contributed by atoms with Gasteiger partial charge in [0, 0.05) is 10.9 Å². The van der Waals surface area contributed by atoms with Gasteiger partial charge in [-0.05, 0) is 72.7 Å². The molecule has 0 radical (unpaired) electrons. The van der Waals surface area contributed by atoms with Gasteiger partial charge in [0.15, 0.2) is 0 Å². The SMILES string of the molecule is Cc1cc(C)c2c(c1)-c1cc(c3ccccc3n1)CCc1cccc-2c1. The Morgan fingerprint density at radius 2 is 1.69 bits per heavy atom. The molecule has 1 aromatic heterocycles. The normalized spacial score (nSPS) is 12.7. The average molecular weight is 335 g/mol. The fraction of sp³-hybridized carbons (Fsp3) is 0.160. The summed E-state index contributed by atoms with van der Waals surface area (Å²) >= 11 is 0. The van der Waals surface area contributed by atoms with E-state index in [1.165, 1.54) is 44.3 Å². The van der Waals surface area contributed by atoms with E-state index in [0.717, 1.165) is 24.1 Å². The maximum absolute atomic E-state index is 5.04. The fourth-order valence-corrected chi connectivity index (χ4v) is 4.31. The molecule has 0 fully saturated rings. The molecule has 1 heteroatoms. The summed E-state index contributed by atoms with van der Waals surface area (Å²) in [7, 11) is 0. The number of benzene rings is 3. The third kappa shape index (κ3) is 2.43. The zero-order valence-corrected chi connectivity index (χ0v) is 15.2. The fourth-order valence-electron chi connectivity index (χ4n) is 4.31. The summed E-state index contributed by atoms with van der Waals surface area (Å²) in [6, 6.07) is 24.4. The summed E-state index contributed by atoms with van der Waals surface area (Å²) in [4.78, 5) is 5.04. The summed E-state index contributed by atoms with van der Waals surface area (Å²) in [6.45, 7) is 4.39. The van der Waals surface area contributed by atoms with Crippen LogP contribution in [-0.2, 0) is 12.8 Å². The number of aromatic nitrogens is 1. The van der Waals surface area contributed by atoms with Gasteiger partial charge in [-0.15, -0.1) is 0 Å². The van der Waals surface area contributed by atoms with Crippen LogP contribution in [0.3, 0.4) is 0 Å². The highest BCUT2D eigenvalue weighted by Crippen LogP contribution is 2.38. The monoisotopic (exact) mass is 335 g/mol. The van der Waals surface area contributed by atoms with Gasteiger partial charge in [-0.25, -0.2) is 4.98 Å². The van der Waals surface area contributed by atoms with Gasteiger partial charge in [0.05, 0.1) is 11.2 Å². The Morgan fingerprint density at radius 3 is 2.62 bits per heavy atom. The molecular formula is C25H21N. The van der Waals surface area contributed by atoms with Crippen molar-refractivity contribution in [3.8, 4) is 22.4 Å². The Labute approximate surface area is 154 Å². The van der Waals surface area contributed by atoms with E-state index >= 15 is 0 Å². The van der Waals surface area contributed by atoms with Crippen LogP contribution in [0.2, 0.25) is 0 Å². The van der Waals surface area contributed by atoms with Gasteiger partial charge < -0.3 is 0 Å². The van der Waals surface area contributed by atoms with Gasteiger partial charge in [-0.2, -0.15) is 0 Å². The Balaban J connectivity index is 1.92. The summed E-state index contributed by atoms with van der Waals surface area (Å²) in [5.74, 6) is 0. The van der Waals surface area contributed by atoms with E-state index in [-0.39, 0.29) is 0 Å². The van der Waals surface area contributed by atoms with Gasteiger partial charge in [-0.1, -0.05) is 54.1 Å². The zero-order chi connectivity index (χ0) is 17.7. The first-order valence-electron chi connectivity index (χ1n) is 9.29. The van der Waals surface area contributed by atoms with Crippen molar-refractivity contribution >= 4 is 10.9 Å². The number of nitrogens with zero attached hydrogens (tertiary/aromatic N) is 1. The number of fused-ring (bicyclic) bond motifs is 9. The van der Waals surface area contributed by atoms with Gasteiger partial charge in [-0.3, -0.25) is 0 Å². The van der Waals surface area contributed by atoms with Gasteiger partial charge in [0.25, 0.3) is 0 Å². The Bertz CT molecular complexity index is 1150. The highest BCUT2D eigenvalue weighted by atomic mass is 14.7. The molecule has 26 heavy (non-hydrogen) atoms. The molecule has 0 amide bonds. The maximum atomic E-state index is 5.04. The summed E-state index contributed by atoms with van der Waals surface area (Å²) in [5, 5.41) is 1.28. The molecule has 0 saturated carbocycles. The molecule has 1 heterocycles. The van der Waals surface area contributed by atoms with Gasteiger partial charge in [0.1, 0.15) is 0 Å². The van der Waals surface area contributed by atoms with Crippen LogP contribution in [0.4, 0.5) is 0 Å². The summed E-state index contributed by atoms with van der Waals surface area (Å²) in [5.41, 5.74) is 11.4. The van der Waals surface area contributed by atoms with Crippen molar-refractivity contribution in [2.24, 2.45) is 0 Å². The van der Waals surface area contributed by atoms with E-state index in [2.05, 4.69) is 80.6 Å². The second kappa shape index (κ2) is 5.81. The predicted molar refractivity (Wildman–Crippen MR) is 109 cm³/mol. The quantitative estimate of drug-likeness (QED) is 0.368. The van der Waals surface area contributed by atoms with Crippen LogP contribution < -0.4 is 0 Å². The van der Waals surface area contributed by atoms with Crippen molar-refractivity contribution in [1.29, 1.82) is 0 Å². The molecule has 1 aliphatic rings. The highest BCUT2D eigenvalue weighted by Gasteiger charge is 2.16. The minimum atomic E-state index is 1.04. The number of hydrogen-bond acceptors (Lipinski definition) is 1. The lowest BCUT2D eigenvalue weighted by molar-refractivity contribution is 0.966. The lowest BCUT2D eigenvalue weighted by Gasteiger charge is -2.19. The number of pyridine rings is 1. The van der Waals surface area contributed by atoms with E-state index in [0.29, 0.717) is 0 Å². The van der Waals surface area contributed by atoms with E-state index < -0.39 is 0 Å². The van der Waals surface area contributed by atoms with E-state index in [4.69, 9.17) is 4.98 Å². The van der Waals surface area contributed by atoms with Crippen LogP contribution >= 0.6 is 0 Å². The van der Waals surface area contributed by atoms with E-state index in [1.807, 2.05) is 0 Å². The van der Waals surface area contributed by atoms with Crippen LogP contribution in [0.25, 0.3) is 33.3 Å². The molecule has 5 rings (SSSR count). The highest BCUT2D eigenvalue weighted by molar-refractivity contribution is 5.90. The smallest absolute Gasteiger partial charge is 0.0718 e. The largest absolute Gasteiger partial charge is 0.248 e. The summed E-state index contributed by atoms with van der Waals surface area (Å²) in [6.07, 6.45) is 2.10. The molecule has 0 saturated heterocycles. The Morgan fingerprint density at radius 1 is 0.808 bits per heavy atom. The first-order chi connectivity index (χ1) is 12.7. The molecule has 126 valence electrons. The van der Waals surface area contributed by atoms with Crippen molar-refractivity contribution in [1.82, 2.24) is 4.98 Å². The molecule has 0 atom stereocenters. The molecule has 0 aliphatic heterocycles. The first-order valence-corrected chi connectivity index (χ1v) is 9.29. The number of hydrogen-bond donors (Lipinski definition) is 0. The van der Waals surface area contributed by atoms with E-state index in [9.17, 15) is 0 Å². The number of para-hydroxylation sites is 1. The number of aryl methyl sites for hydroxylation is 4. The standard InChI is InChI=1S/C25H21N/c1-16-12-17(2)25-20-7-5-6-18(14-20)10-11-19-15-24(22(25)13-16)26-23-9-4-3-8-21(19)23/h3-9,12-15H,10-11H2,1-2H3. The second-order valence-corrected chi connectivity index (χ2v) is 7.39. The molecule has 1 nitrogen and oxygen atoms in total. The van der Waals surface area contributed by atoms with Gasteiger partial charge >= 0.3 is 0 Å². The molecule has 0 N–H and O–H groups in total. The molecule has 1 aliphatic carbocycles. The van der Waals surface area contributed by atoms with Crippen LogP contribution in [0, 0.1) is 13.8 Å². The minimum Gasteiger partial charge on any atom is -0.248 e. The molecule has 4 bridgehead atoms. The maximum Gasteiger partial charge on any atom is 0.0718 e. The van der Waals surface area contributed by atoms with Crippen molar-refractivity contribution in [2.75, 3.05) is 0 Å². The Hall–Kier alpha value is -2.93. The Kier molecular flexibility index (Phi) is 3.43. The molecular weight excluding hydrogens is 314 g/mol. The van der Waals surface area contributed by atoms with Crippen molar-refractivity contribution < 1.29 is 0 Å². The second-order valence-electron chi connectivity index (χ2n) is 7.39. The first kappa shape index (κ1) is 15.3. The predicted octanol–water partition coefficient (Wildman–Crippen LogP) is 6.28. The molecule has 0 spiro atoms. The third-order valence-corrected chi connectivity index (χ3v) is 5.46. The van der Waals surface area contributed by atoms with Crippen LogP contribution in [0.5, 0.6) is 0 Å². The average Bonchev–Trinajstić information content (AvgIpc) is 2.65. The molecule has 0 unspecified atom stereocenters. The van der Waals surface area contributed by atoms with Crippen molar-refractivity contribution in [2.45, 2.75) is 26.7 Å². The van der Waals surface area contributed by atoms with Crippen molar-refractivity contribution in [3.63, 3.8) is 0 Å². The lowest BCUT2D eigenvalue weighted by atomic mass is 9.87. The molecule has 3 aromatic carbocycles. The van der Waals surface area contributed by atoms with Crippen molar-refractivity contribution in [3.05, 3.63) is 89.0 Å². The molecule has 4 aromatic rings. The van der Waals surface area contributed by atoms with Crippen LogP contribution in [0.15, 0.2) is 66.7 Å². The third-order valence-electron chi connectivity index (χ3n) is 5.46. The van der Waals surface area contributed by atoms with Crippen LogP contribution in [-0.4, -0.2) is 4.98 Å². The zero-order valence-electron chi connectivity index (χ0n) is 15.2. The lowest BCUT2D eigenvalue weighted by Crippen LogP contribution is -2.00. The van der Waals surface area contributed by atoms with Gasteiger partial charge in [0.2, 0.25) is 0 Å². The summed E-state index contributed by atoms with van der Waals surface area (Å²) < 4.78 is 0. The van der Waals surface area contributed by atoms with Crippen LogP contribution in [0.1, 0.15) is 22.3 Å². The number of rotatable bonds is 0.